The van der Waals surface area contributed by atoms with Crippen LogP contribution in [0.3, 0.4) is 0 Å². The minimum absolute atomic E-state index is 0.135. The molecular formula is C12H11F3O3. The number of hydrogen-bond acceptors (Lipinski definition) is 2. The van der Waals surface area contributed by atoms with E-state index in [1.54, 1.807) is 0 Å². The number of rotatable bonds is 6. The Morgan fingerprint density at radius 1 is 1.44 bits per heavy atom. The van der Waals surface area contributed by atoms with Gasteiger partial charge in [0.1, 0.15) is 12.4 Å². The van der Waals surface area contributed by atoms with Crippen LogP contribution in [0.2, 0.25) is 0 Å². The van der Waals surface area contributed by atoms with Gasteiger partial charge in [-0.05, 0) is 29.3 Å². The molecule has 18 heavy (non-hydrogen) atoms. The number of ether oxygens (including phenoxy) is 1. The SMILES string of the molecule is O=C(O)/C=C/c1cc(F)ccc1COCC(F)F. The second-order valence-electron chi connectivity index (χ2n) is 3.42. The Morgan fingerprint density at radius 2 is 2.17 bits per heavy atom. The number of alkyl halides is 2. The van der Waals surface area contributed by atoms with E-state index >= 15 is 0 Å². The monoisotopic (exact) mass is 260 g/mol. The average Bonchev–Trinajstić information content (AvgIpc) is 2.28. The highest BCUT2D eigenvalue weighted by Crippen LogP contribution is 2.15. The Bertz CT molecular complexity index is 444. The molecule has 98 valence electrons. The number of carboxylic acids is 1. The van der Waals surface area contributed by atoms with Gasteiger partial charge < -0.3 is 9.84 Å². The van der Waals surface area contributed by atoms with E-state index in [4.69, 9.17) is 9.84 Å². The van der Waals surface area contributed by atoms with Crippen LogP contribution in [-0.4, -0.2) is 24.1 Å². The van der Waals surface area contributed by atoms with Gasteiger partial charge in [-0.3, -0.25) is 0 Å². The van der Waals surface area contributed by atoms with Gasteiger partial charge in [0, 0.05) is 6.08 Å². The van der Waals surface area contributed by atoms with Crippen molar-refractivity contribution in [1.29, 1.82) is 0 Å². The lowest BCUT2D eigenvalue weighted by molar-refractivity contribution is -0.131. The van der Waals surface area contributed by atoms with Crippen molar-refractivity contribution in [3.05, 3.63) is 41.2 Å². The molecule has 0 amide bonds. The van der Waals surface area contributed by atoms with Gasteiger partial charge in [-0.15, -0.1) is 0 Å². The van der Waals surface area contributed by atoms with E-state index in [9.17, 15) is 18.0 Å². The van der Waals surface area contributed by atoms with Gasteiger partial charge in [0.05, 0.1) is 6.61 Å². The molecule has 0 aliphatic rings. The lowest BCUT2D eigenvalue weighted by atomic mass is 10.1. The molecule has 1 aromatic carbocycles. The summed E-state index contributed by atoms with van der Waals surface area (Å²) in [5, 5.41) is 8.47. The van der Waals surface area contributed by atoms with Crippen LogP contribution >= 0.6 is 0 Å². The summed E-state index contributed by atoms with van der Waals surface area (Å²) in [5.41, 5.74) is 0.723. The molecule has 0 saturated carbocycles. The Hall–Kier alpha value is -1.82. The van der Waals surface area contributed by atoms with Crippen molar-refractivity contribution in [3.8, 4) is 0 Å². The number of hydrogen-bond donors (Lipinski definition) is 1. The van der Waals surface area contributed by atoms with Crippen LogP contribution < -0.4 is 0 Å². The predicted molar refractivity (Wildman–Crippen MR) is 58.7 cm³/mol. The van der Waals surface area contributed by atoms with Crippen molar-refractivity contribution < 1.29 is 27.8 Å². The Morgan fingerprint density at radius 3 is 2.78 bits per heavy atom. The van der Waals surface area contributed by atoms with E-state index in [1.165, 1.54) is 12.1 Å². The topological polar surface area (TPSA) is 46.5 Å². The largest absolute Gasteiger partial charge is 0.478 e. The molecule has 0 radical (unpaired) electrons. The maximum Gasteiger partial charge on any atom is 0.328 e. The first-order valence-corrected chi connectivity index (χ1v) is 5.04. The second kappa shape index (κ2) is 6.80. The maximum atomic E-state index is 13.0. The summed E-state index contributed by atoms with van der Waals surface area (Å²) in [6.45, 7) is -0.858. The molecule has 0 atom stereocenters. The zero-order valence-electron chi connectivity index (χ0n) is 9.28. The van der Waals surface area contributed by atoms with Crippen LogP contribution in [0.4, 0.5) is 13.2 Å². The zero-order valence-corrected chi connectivity index (χ0v) is 9.28. The van der Waals surface area contributed by atoms with E-state index in [-0.39, 0.29) is 12.2 Å². The molecule has 0 heterocycles. The molecule has 0 spiro atoms. The van der Waals surface area contributed by atoms with Crippen LogP contribution in [0.15, 0.2) is 24.3 Å². The van der Waals surface area contributed by atoms with E-state index in [0.717, 1.165) is 18.2 Å². The third-order valence-electron chi connectivity index (χ3n) is 2.01. The number of halogens is 3. The van der Waals surface area contributed by atoms with Gasteiger partial charge in [-0.2, -0.15) is 0 Å². The fraction of sp³-hybridized carbons (Fsp3) is 0.250. The Labute approximate surface area is 101 Å². The van der Waals surface area contributed by atoms with Gasteiger partial charge in [-0.25, -0.2) is 18.0 Å². The second-order valence-corrected chi connectivity index (χ2v) is 3.42. The first kappa shape index (κ1) is 14.2. The highest BCUT2D eigenvalue weighted by molar-refractivity contribution is 5.85. The lowest BCUT2D eigenvalue weighted by Gasteiger charge is -2.07. The minimum Gasteiger partial charge on any atom is -0.478 e. The van der Waals surface area contributed by atoms with E-state index in [1.807, 2.05) is 0 Å². The van der Waals surface area contributed by atoms with Gasteiger partial charge in [-0.1, -0.05) is 6.07 Å². The predicted octanol–water partition coefficient (Wildman–Crippen LogP) is 2.71. The number of benzene rings is 1. The van der Waals surface area contributed by atoms with E-state index in [2.05, 4.69) is 0 Å². The van der Waals surface area contributed by atoms with Crippen LogP contribution in [0, 0.1) is 5.82 Å². The van der Waals surface area contributed by atoms with Gasteiger partial charge in [0.25, 0.3) is 6.43 Å². The lowest BCUT2D eigenvalue weighted by Crippen LogP contribution is -2.05. The third-order valence-corrected chi connectivity index (χ3v) is 2.01. The van der Waals surface area contributed by atoms with Gasteiger partial charge >= 0.3 is 5.97 Å². The molecule has 6 heteroatoms. The van der Waals surface area contributed by atoms with Crippen LogP contribution in [-0.2, 0) is 16.1 Å². The molecule has 1 rings (SSSR count). The highest BCUT2D eigenvalue weighted by atomic mass is 19.3. The highest BCUT2D eigenvalue weighted by Gasteiger charge is 2.06. The number of aliphatic carboxylic acids is 1. The molecule has 0 aliphatic carbocycles. The molecule has 0 bridgehead atoms. The Kier molecular flexibility index (Phi) is 5.38. The molecule has 0 unspecified atom stereocenters. The van der Waals surface area contributed by atoms with Crippen molar-refractivity contribution in [1.82, 2.24) is 0 Å². The first-order chi connectivity index (χ1) is 8.49. The standard InChI is InChI=1S/C12H11F3O3/c13-10-3-1-9(6-18-7-11(14)15)8(5-10)2-4-12(16)17/h1-5,11H,6-7H2,(H,16,17)/b4-2+. The van der Waals surface area contributed by atoms with E-state index in [0.29, 0.717) is 5.56 Å². The van der Waals surface area contributed by atoms with Crippen molar-refractivity contribution in [2.45, 2.75) is 13.0 Å². The van der Waals surface area contributed by atoms with Crippen LogP contribution in [0.1, 0.15) is 11.1 Å². The Balaban J connectivity index is 2.79. The minimum atomic E-state index is -2.58. The van der Waals surface area contributed by atoms with Crippen molar-refractivity contribution in [3.63, 3.8) is 0 Å². The first-order valence-electron chi connectivity index (χ1n) is 5.04. The molecule has 0 aromatic heterocycles. The van der Waals surface area contributed by atoms with Crippen molar-refractivity contribution >= 4 is 12.0 Å². The fourth-order valence-corrected chi connectivity index (χ4v) is 1.27. The molecule has 0 saturated heterocycles. The molecule has 1 aromatic rings. The summed E-state index contributed by atoms with van der Waals surface area (Å²) in [5.74, 6) is -1.73. The summed E-state index contributed by atoms with van der Waals surface area (Å²) >= 11 is 0. The van der Waals surface area contributed by atoms with Crippen LogP contribution in [0.5, 0.6) is 0 Å². The normalized spacial score (nSPS) is 11.3. The number of carboxylic acid groups (broad SMARTS) is 1. The van der Waals surface area contributed by atoms with Crippen molar-refractivity contribution in [2.24, 2.45) is 0 Å². The summed E-state index contributed by atoms with van der Waals surface area (Å²) in [6.07, 6.45) is -0.554. The van der Waals surface area contributed by atoms with Crippen molar-refractivity contribution in [2.75, 3.05) is 6.61 Å². The summed E-state index contributed by atoms with van der Waals surface area (Å²) in [7, 11) is 0. The summed E-state index contributed by atoms with van der Waals surface area (Å²) < 4.78 is 41.5. The average molecular weight is 260 g/mol. The maximum absolute atomic E-state index is 13.0. The quantitative estimate of drug-likeness (QED) is 0.800. The summed E-state index contributed by atoms with van der Waals surface area (Å²) in [6, 6.07) is 3.63. The smallest absolute Gasteiger partial charge is 0.328 e. The third kappa shape index (κ3) is 5.01. The molecule has 3 nitrogen and oxygen atoms in total. The fourth-order valence-electron chi connectivity index (χ4n) is 1.27. The zero-order chi connectivity index (χ0) is 13.5. The molecular weight excluding hydrogens is 249 g/mol. The van der Waals surface area contributed by atoms with Gasteiger partial charge in [0.2, 0.25) is 0 Å². The molecule has 0 aliphatic heterocycles. The van der Waals surface area contributed by atoms with E-state index < -0.39 is 24.8 Å². The van der Waals surface area contributed by atoms with Gasteiger partial charge in [0.15, 0.2) is 0 Å². The van der Waals surface area contributed by atoms with Crippen LogP contribution in [0.25, 0.3) is 6.08 Å². The molecule has 1 N–H and O–H groups in total. The summed E-state index contributed by atoms with van der Waals surface area (Å²) in [4.78, 5) is 10.4. The number of carbonyl (C=O) groups is 1. The molecule has 0 fully saturated rings.